The smallest absolute Gasteiger partial charge is 0.326 e. The predicted molar refractivity (Wildman–Crippen MR) is 95.8 cm³/mol. The summed E-state index contributed by atoms with van der Waals surface area (Å²) >= 11 is 0. The molecule has 0 spiro atoms. The van der Waals surface area contributed by atoms with Crippen LogP contribution in [0.1, 0.15) is 43.6 Å². The maximum Gasteiger partial charge on any atom is 0.326 e. The van der Waals surface area contributed by atoms with E-state index in [1.165, 1.54) is 4.90 Å². The number of nitrogens with one attached hydrogen (secondary N) is 1. The Labute approximate surface area is 161 Å². The molecule has 1 amide bonds. The number of carboxylic acids is 1. The third-order valence-corrected chi connectivity index (χ3v) is 4.56. The van der Waals surface area contributed by atoms with Crippen molar-refractivity contribution in [3.63, 3.8) is 0 Å². The van der Waals surface area contributed by atoms with Gasteiger partial charge in [0.1, 0.15) is 6.04 Å². The Morgan fingerprint density at radius 1 is 1.39 bits per heavy atom. The molecule has 3 rings (SSSR count). The van der Waals surface area contributed by atoms with Crippen molar-refractivity contribution in [2.75, 3.05) is 24.6 Å². The third-order valence-electron chi connectivity index (χ3n) is 4.56. The van der Waals surface area contributed by atoms with Crippen LogP contribution in [0.2, 0.25) is 0 Å². The first-order valence-electron chi connectivity index (χ1n) is 9.31. The van der Waals surface area contributed by atoms with Gasteiger partial charge in [-0.2, -0.15) is 0 Å². The minimum atomic E-state index is -2.78. The first-order valence-corrected chi connectivity index (χ1v) is 9.31. The molecule has 1 saturated carbocycles. The van der Waals surface area contributed by atoms with Gasteiger partial charge < -0.3 is 20.1 Å². The van der Waals surface area contributed by atoms with Crippen LogP contribution in [0.5, 0.6) is 5.88 Å². The van der Waals surface area contributed by atoms with Gasteiger partial charge in [0.15, 0.2) is 11.5 Å². The minimum Gasteiger partial charge on any atom is -0.480 e. The number of carbonyl (C=O) groups excluding carboxylic acids is 1. The zero-order valence-electron chi connectivity index (χ0n) is 15.8. The van der Waals surface area contributed by atoms with Crippen molar-refractivity contribution in [2.24, 2.45) is 11.8 Å². The van der Waals surface area contributed by atoms with Gasteiger partial charge in [-0.25, -0.2) is 23.5 Å². The predicted octanol–water partition coefficient (Wildman–Crippen LogP) is 1.95. The molecular formula is C18H24F2N4O4. The van der Waals surface area contributed by atoms with E-state index >= 15 is 0 Å². The van der Waals surface area contributed by atoms with Crippen molar-refractivity contribution < 1.29 is 28.2 Å². The topological polar surface area (TPSA) is 105 Å². The van der Waals surface area contributed by atoms with E-state index in [0.717, 1.165) is 19.0 Å². The van der Waals surface area contributed by atoms with E-state index in [1.54, 1.807) is 0 Å². The van der Waals surface area contributed by atoms with Gasteiger partial charge >= 0.3 is 5.97 Å². The van der Waals surface area contributed by atoms with E-state index in [2.05, 4.69) is 15.3 Å². The Kier molecular flexibility index (Phi) is 5.66. The normalized spacial score (nSPS) is 19.1. The van der Waals surface area contributed by atoms with E-state index < -0.39 is 36.9 Å². The van der Waals surface area contributed by atoms with Crippen molar-refractivity contribution in [3.05, 3.63) is 11.9 Å². The van der Waals surface area contributed by atoms with Crippen LogP contribution in [-0.2, 0) is 4.79 Å². The van der Waals surface area contributed by atoms with Crippen molar-refractivity contribution in [3.8, 4) is 5.88 Å². The number of nitrogens with zero attached hydrogens (tertiary/aromatic N) is 3. The van der Waals surface area contributed by atoms with Crippen LogP contribution in [0.3, 0.4) is 0 Å². The van der Waals surface area contributed by atoms with Crippen molar-refractivity contribution in [1.29, 1.82) is 0 Å². The summed E-state index contributed by atoms with van der Waals surface area (Å²) in [6, 6.07) is -1.06. The van der Waals surface area contributed by atoms with Gasteiger partial charge in [0, 0.05) is 0 Å². The molecule has 1 unspecified atom stereocenters. The first kappa shape index (κ1) is 20.2. The number of rotatable bonds is 9. The van der Waals surface area contributed by atoms with Gasteiger partial charge in [0.25, 0.3) is 17.7 Å². The highest BCUT2D eigenvalue weighted by molar-refractivity contribution is 5.95. The van der Waals surface area contributed by atoms with Gasteiger partial charge in [-0.1, -0.05) is 13.8 Å². The van der Waals surface area contributed by atoms with Crippen LogP contribution >= 0.6 is 0 Å². The lowest BCUT2D eigenvalue weighted by Crippen LogP contribution is -2.56. The molecule has 1 saturated heterocycles. The fourth-order valence-corrected chi connectivity index (χ4v) is 2.86. The number of carbonyl (C=O) groups is 2. The molecule has 2 N–H and O–H groups in total. The Morgan fingerprint density at radius 3 is 2.61 bits per heavy atom. The van der Waals surface area contributed by atoms with E-state index in [4.69, 9.17) is 4.74 Å². The monoisotopic (exact) mass is 398 g/mol. The lowest BCUT2D eigenvalue weighted by molar-refractivity contribution is -0.139. The highest BCUT2D eigenvalue weighted by atomic mass is 19.3. The summed E-state index contributed by atoms with van der Waals surface area (Å²) in [6.45, 7) is 3.11. The van der Waals surface area contributed by atoms with Gasteiger partial charge in [-0.15, -0.1) is 0 Å². The molecule has 8 nitrogen and oxygen atoms in total. The summed E-state index contributed by atoms with van der Waals surface area (Å²) in [7, 11) is 0. The second-order valence-corrected chi connectivity index (χ2v) is 7.84. The standard InChI is InChI=1S/C18H24F2N4O4/c1-10(2)5-12(17(26)27)22-15(25)13-6-21-14(24-8-18(19,20)9-24)16(23-13)28-7-11-3-4-11/h6,10-12H,3-5,7-9H2,1-2H3,(H,22,25)(H,26,27). The fraction of sp³-hybridized carbons (Fsp3) is 0.667. The highest BCUT2D eigenvalue weighted by Crippen LogP contribution is 2.36. The second kappa shape index (κ2) is 7.84. The number of aromatic nitrogens is 2. The molecule has 154 valence electrons. The third kappa shape index (κ3) is 5.05. The number of hydrogen-bond donors (Lipinski definition) is 2. The summed E-state index contributed by atoms with van der Waals surface area (Å²) in [5.74, 6) is -3.97. The molecule has 2 aliphatic rings. The molecule has 0 aromatic carbocycles. The Bertz CT molecular complexity index is 747. The zero-order valence-corrected chi connectivity index (χ0v) is 15.8. The zero-order chi connectivity index (χ0) is 20.5. The minimum absolute atomic E-state index is 0.0192. The molecular weight excluding hydrogens is 374 g/mol. The molecule has 10 heteroatoms. The average Bonchev–Trinajstić information content (AvgIpc) is 3.40. The van der Waals surface area contributed by atoms with Crippen LogP contribution in [0.4, 0.5) is 14.6 Å². The van der Waals surface area contributed by atoms with Gasteiger partial charge in [0.2, 0.25) is 0 Å². The SMILES string of the molecule is CC(C)CC(NC(=O)c1cnc(N2CC(F)(F)C2)c(OCC2CC2)n1)C(=O)O. The van der Waals surface area contributed by atoms with Crippen LogP contribution in [-0.4, -0.2) is 58.6 Å². The van der Waals surface area contributed by atoms with Crippen LogP contribution in [0.15, 0.2) is 6.20 Å². The second-order valence-electron chi connectivity index (χ2n) is 7.84. The Balaban J connectivity index is 1.75. The number of hydrogen-bond acceptors (Lipinski definition) is 6. The number of amides is 1. The summed E-state index contributed by atoms with van der Waals surface area (Å²) in [5.41, 5.74) is -0.114. The molecule has 1 aliphatic heterocycles. The summed E-state index contributed by atoms with van der Waals surface area (Å²) in [5, 5.41) is 11.7. The number of anilines is 1. The molecule has 0 radical (unpaired) electrons. The Hall–Kier alpha value is -2.52. The number of ether oxygens (including phenoxy) is 1. The molecule has 28 heavy (non-hydrogen) atoms. The van der Waals surface area contributed by atoms with E-state index in [-0.39, 0.29) is 29.7 Å². The molecule has 2 fully saturated rings. The van der Waals surface area contributed by atoms with Crippen LogP contribution in [0, 0.1) is 11.8 Å². The first-order chi connectivity index (χ1) is 13.1. The molecule has 1 aromatic rings. The molecule has 1 atom stereocenters. The van der Waals surface area contributed by atoms with E-state index in [0.29, 0.717) is 12.5 Å². The summed E-state index contributed by atoms with van der Waals surface area (Å²) < 4.78 is 32.1. The molecule has 1 aliphatic carbocycles. The number of aliphatic carboxylic acids is 1. The maximum absolute atomic E-state index is 13.2. The maximum atomic E-state index is 13.2. The number of halogens is 2. The van der Waals surface area contributed by atoms with Gasteiger partial charge in [-0.3, -0.25) is 4.79 Å². The highest BCUT2D eigenvalue weighted by Gasteiger charge is 2.46. The number of alkyl halides is 2. The fourth-order valence-electron chi connectivity index (χ4n) is 2.86. The lowest BCUT2D eigenvalue weighted by Gasteiger charge is -2.39. The summed E-state index contributed by atoms with van der Waals surface area (Å²) in [4.78, 5) is 33.4. The van der Waals surface area contributed by atoms with Crippen LogP contribution in [0.25, 0.3) is 0 Å². The molecule has 1 aromatic heterocycles. The molecule has 2 heterocycles. The van der Waals surface area contributed by atoms with Crippen LogP contribution < -0.4 is 15.0 Å². The molecule has 0 bridgehead atoms. The average molecular weight is 398 g/mol. The van der Waals surface area contributed by atoms with E-state index in [9.17, 15) is 23.5 Å². The largest absolute Gasteiger partial charge is 0.480 e. The van der Waals surface area contributed by atoms with Crippen molar-refractivity contribution in [2.45, 2.75) is 45.1 Å². The van der Waals surface area contributed by atoms with Crippen molar-refractivity contribution in [1.82, 2.24) is 15.3 Å². The van der Waals surface area contributed by atoms with E-state index in [1.807, 2.05) is 13.8 Å². The van der Waals surface area contributed by atoms with Gasteiger partial charge in [0.05, 0.1) is 25.9 Å². The summed E-state index contributed by atoms with van der Waals surface area (Å²) in [6.07, 6.45) is 3.47. The number of carboxylic acid groups (broad SMARTS) is 1. The van der Waals surface area contributed by atoms with Gasteiger partial charge in [-0.05, 0) is 31.1 Å². The van der Waals surface area contributed by atoms with Crippen molar-refractivity contribution >= 4 is 17.7 Å². The Morgan fingerprint density at radius 2 is 2.07 bits per heavy atom. The quantitative estimate of drug-likeness (QED) is 0.655. The lowest BCUT2D eigenvalue weighted by atomic mass is 10.0.